The van der Waals surface area contributed by atoms with E-state index in [0.717, 1.165) is 12.5 Å². The van der Waals surface area contributed by atoms with Crippen LogP contribution < -0.4 is 5.73 Å². The Balaban J connectivity index is 2.53. The van der Waals surface area contributed by atoms with E-state index in [4.69, 9.17) is 10.5 Å². The Morgan fingerprint density at radius 2 is 2.00 bits per heavy atom. The third kappa shape index (κ3) is 4.02. The third-order valence-corrected chi connectivity index (χ3v) is 3.85. The molecule has 6 heteroatoms. The predicted octanol–water partition coefficient (Wildman–Crippen LogP) is 4.52. The molecule has 1 aromatic rings. The van der Waals surface area contributed by atoms with Crippen LogP contribution in [0.15, 0.2) is 54.0 Å². The molecule has 0 amide bonds. The van der Waals surface area contributed by atoms with Gasteiger partial charge in [-0.1, -0.05) is 19.1 Å². The van der Waals surface area contributed by atoms with E-state index in [0.29, 0.717) is 16.8 Å². The van der Waals surface area contributed by atoms with Crippen molar-refractivity contribution in [2.45, 2.75) is 27.2 Å². The topological polar surface area (TPSA) is 55.6 Å². The van der Waals surface area contributed by atoms with Gasteiger partial charge in [-0.05, 0) is 38.5 Å². The van der Waals surface area contributed by atoms with E-state index in [1.54, 1.807) is 43.3 Å². The lowest BCUT2D eigenvalue weighted by Crippen LogP contribution is -2.18. The van der Waals surface area contributed by atoms with Crippen LogP contribution in [0.2, 0.25) is 0 Å². The van der Waals surface area contributed by atoms with Crippen molar-refractivity contribution in [3.63, 3.8) is 0 Å². The first kappa shape index (κ1) is 19.4. The number of benzene rings is 1. The number of esters is 1. The third-order valence-electron chi connectivity index (χ3n) is 3.85. The second-order valence-electron chi connectivity index (χ2n) is 5.67. The maximum atomic E-state index is 14.3. The van der Waals surface area contributed by atoms with E-state index in [1.807, 2.05) is 13.0 Å². The summed E-state index contributed by atoms with van der Waals surface area (Å²) in [7, 11) is 0. The number of nitrogen functional groups attached to an aromatic ring is 1. The summed E-state index contributed by atoms with van der Waals surface area (Å²) in [5, 5.41) is 0. The SMILES string of the molecule is CC/C=C/N1C=C(c2c(F)ccc(N)c2F)C=C/C1=C(/C)C(=O)OCC. The summed E-state index contributed by atoms with van der Waals surface area (Å²) >= 11 is 0. The fraction of sp³-hybridized carbons (Fsp3) is 0.250. The van der Waals surface area contributed by atoms with Gasteiger partial charge in [-0.15, -0.1) is 0 Å². The van der Waals surface area contributed by atoms with Crippen molar-refractivity contribution in [1.82, 2.24) is 4.90 Å². The Kier molecular flexibility index (Phi) is 6.33. The molecule has 0 bridgehead atoms. The molecule has 0 saturated carbocycles. The highest BCUT2D eigenvalue weighted by molar-refractivity contribution is 5.90. The van der Waals surface area contributed by atoms with Crippen LogP contribution >= 0.6 is 0 Å². The first-order valence-electron chi connectivity index (χ1n) is 8.37. The first-order valence-corrected chi connectivity index (χ1v) is 8.37. The Labute approximate surface area is 151 Å². The van der Waals surface area contributed by atoms with Gasteiger partial charge in [-0.2, -0.15) is 0 Å². The van der Waals surface area contributed by atoms with Gasteiger partial charge in [-0.3, -0.25) is 0 Å². The summed E-state index contributed by atoms with van der Waals surface area (Å²) in [6.07, 6.45) is 9.11. The number of hydrogen-bond acceptors (Lipinski definition) is 4. The molecule has 0 spiro atoms. The number of carbonyl (C=O) groups is 1. The summed E-state index contributed by atoms with van der Waals surface area (Å²) in [4.78, 5) is 13.7. The molecule has 0 unspecified atom stereocenters. The average molecular weight is 360 g/mol. The lowest BCUT2D eigenvalue weighted by molar-refractivity contribution is -0.138. The molecule has 1 aliphatic rings. The van der Waals surface area contributed by atoms with E-state index in [9.17, 15) is 13.6 Å². The lowest BCUT2D eigenvalue weighted by Gasteiger charge is -2.24. The highest BCUT2D eigenvalue weighted by Crippen LogP contribution is 2.31. The van der Waals surface area contributed by atoms with Gasteiger partial charge in [0.2, 0.25) is 0 Å². The number of halogens is 2. The van der Waals surface area contributed by atoms with Crippen LogP contribution in [0.4, 0.5) is 14.5 Å². The predicted molar refractivity (Wildman–Crippen MR) is 98.5 cm³/mol. The molecule has 0 radical (unpaired) electrons. The van der Waals surface area contributed by atoms with Gasteiger partial charge in [0.25, 0.3) is 0 Å². The molecule has 0 aliphatic carbocycles. The summed E-state index contributed by atoms with van der Waals surface area (Å²) < 4.78 is 33.6. The average Bonchev–Trinajstić information content (AvgIpc) is 2.63. The fourth-order valence-corrected chi connectivity index (χ4v) is 2.50. The smallest absolute Gasteiger partial charge is 0.335 e. The number of nitrogens with two attached hydrogens (primary N) is 1. The second-order valence-corrected chi connectivity index (χ2v) is 5.67. The van der Waals surface area contributed by atoms with Crippen molar-refractivity contribution >= 4 is 17.2 Å². The van der Waals surface area contributed by atoms with Gasteiger partial charge in [0.05, 0.1) is 29.1 Å². The molecular weight excluding hydrogens is 338 g/mol. The van der Waals surface area contributed by atoms with E-state index in [-0.39, 0.29) is 17.9 Å². The Bertz CT molecular complexity index is 823. The van der Waals surface area contributed by atoms with E-state index in [1.165, 1.54) is 6.07 Å². The van der Waals surface area contributed by atoms with Gasteiger partial charge in [-0.25, -0.2) is 13.6 Å². The monoisotopic (exact) mass is 360 g/mol. The van der Waals surface area contributed by atoms with Gasteiger partial charge in [0, 0.05) is 18.0 Å². The molecule has 26 heavy (non-hydrogen) atoms. The van der Waals surface area contributed by atoms with Crippen LogP contribution in [0.1, 0.15) is 32.8 Å². The van der Waals surface area contributed by atoms with Gasteiger partial charge >= 0.3 is 5.97 Å². The highest BCUT2D eigenvalue weighted by atomic mass is 19.1. The molecule has 2 N–H and O–H groups in total. The Morgan fingerprint density at radius 3 is 2.65 bits per heavy atom. The zero-order valence-electron chi connectivity index (χ0n) is 15.1. The van der Waals surface area contributed by atoms with E-state index >= 15 is 0 Å². The maximum Gasteiger partial charge on any atom is 0.335 e. The number of anilines is 1. The summed E-state index contributed by atoms with van der Waals surface area (Å²) in [6.45, 7) is 5.59. The number of allylic oxidation sites excluding steroid dienone is 4. The molecule has 0 atom stereocenters. The highest BCUT2D eigenvalue weighted by Gasteiger charge is 2.21. The van der Waals surface area contributed by atoms with Crippen LogP contribution in [0.25, 0.3) is 5.57 Å². The molecule has 1 heterocycles. The fourth-order valence-electron chi connectivity index (χ4n) is 2.50. The van der Waals surface area contributed by atoms with Crippen molar-refractivity contribution in [2.75, 3.05) is 12.3 Å². The van der Waals surface area contributed by atoms with Crippen LogP contribution in [-0.2, 0) is 9.53 Å². The number of nitrogens with zero attached hydrogens (tertiary/aromatic N) is 1. The van der Waals surface area contributed by atoms with Crippen LogP contribution in [-0.4, -0.2) is 17.5 Å². The van der Waals surface area contributed by atoms with E-state index < -0.39 is 17.6 Å². The lowest BCUT2D eigenvalue weighted by atomic mass is 10.0. The number of carbonyl (C=O) groups excluding carboxylic acids is 1. The second kappa shape index (κ2) is 8.47. The molecule has 1 aromatic carbocycles. The largest absolute Gasteiger partial charge is 0.463 e. The van der Waals surface area contributed by atoms with Crippen molar-refractivity contribution in [1.29, 1.82) is 0 Å². The van der Waals surface area contributed by atoms with Crippen LogP contribution in [0.5, 0.6) is 0 Å². The van der Waals surface area contributed by atoms with Crippen molar-refractivity contribution in [3.8, 4) is 0 Å². The number of ether oxygens (including phenoxy) is 1. The molecule has 2 rings (SSSR count). The van der Waals surface area contributed by atoms with Crippen molar-refractivity contribution < 1.29 is 18.3 Å². The van der Waals surface area contributed by atoms with Crippen LogP contribution in [0, 0.1) is 11.6 Å². The maximum absolute atomic E-state index is 14.3. The molecule has 0 saturated heterocycles. The minimum Gasteiger partial charge on any atom is -0.463 e. The molecule has 1 aliphatic heterocycles. The summed E-state index contributed by atoms with van der Waals surface area (Å²) in [5.74, 6) is -1.96. The van der Waals surface area contributed by atoms with Gasteiger partial charge < -0.3 is 15.4 Å². The van der Waals surface area contributed by atoms with Gasteiger partial charge in [0.1, 0.15) is 5.82 Å². The number of hydrogen-bond donors (Lipinski definition) is 1. The van der Waals surface area contributed by atoms with Gasteiger partial charge in [0.15, 0.2) is 5.82 Å². The van der Waals surface area contributed by atoms with E-state index in [2.05, 4.69) is 0 Å². The minimum absolute atomic E-state index is 0.129. The Hall–Kier alpha value is -2.89. The molecule has 138 valence electrons. The normalized spacial score (nSPS) is 16.0. The first-order chi connectivity index (χ1) is 12.4. The molecular formula is C20H22F2N2O2. The molecule has 0 aromatic heterocycles. The molecule has 0 fully saturated rings. The van der Waals surface area contributed by atoms with Crippen LogP contribution in [0.3, 0.4) is 0 Å². The summed E-state index contributed by atoms with van der Waals surface area (Å²) in [6, 6.07) is 2.32. The quantitative estimate of drug-likeness (QED) is 0.476. The standard InChI is InChI=1S/C20H22F2N2O2/c1-4-6-11-24-12-14(18-15(21)8-9-16(23)19(18)22)7-10-17(24)13(3)20(25)26-5-2/h6-12H,4-5,23H2,1-3H3/b11-6+,17-13+. The zero-order chi connectivity index (χ0) is 19.3. The summed E-state index contributed by atoms with van der Waals surface area (Å²) in [5.41, 5.74) is 6.51. The minimum atomic E-state index is -0.810. The Morgan fingerprint density at radius 1 is 1.27 bits per heavy atom. The zero-order valence-corrected chi connectivity index (χ0v) is 15.1. The molecule has 4 nitrogen and oxygen atoms in total. The van der Waals surface area contributed by atoms with Crippen molar-refractivity contribution in [2.24, 2.45) is 0 Å². The number of rotatable bonds is 5. The van der Waals surface area contributed by atoms with Crippen molar-refractivity contribution in [3.05, 3.63) is 71.2 Å².